The van der Waals surface area contributed by atoms with E-state index < -0.39 is 11.1 Å². The van der Waals surface area contributed by atoms with Crippen molar-refractivity contribution in [2.45, 2.75) is 84.3 Å². The fourth-order valence-electron chi connectivity index (χ4n) is 4.88. The quantitative estimate of drug-likeness (QED) is 0.448. The molecule has 32 heavy (non-hydrogen) atoms. The third kappa shape index (κ3) is 4.62. The Bertz CT molecular complexity index is 945. The van der Waals surface area contributed by atoms with Crippen molar-refractivity contribution in [1.82, 2.24) is 0 Å². The lowest BCUT2D eigenvalue weighted by Crippen LogP contribution is -2.66. The highest BCUT2D eigenvalue weighted by molar-refractivity contribution is 5.80. The van der Waals surface area contributed by atoms with E-state index in [2.05, 4.69) is 39.8 Å². The molecule has 0 radical (unpaired) electrons. The average molecular weight is 438 g/mol. The first-order valence-corrected chi connectivity index (χ1v) is 11.8. The van der Waals surface area contributed by atoms with Gasteiger partial charge >= 0.3 is 5.97 Å². The fraction of sp³-hybridized carbons (Fsp3) is 0.536. The van der Waals surface area contributed by atoms with Crippen LogP contribution in [0.15, 0.2) is 48.5 Å². The molecule has 3 atom stereocenters. The number of nitrogens with two attached hydrogens (primary N) is 1. The molecule has 4 nitrogen and oxygen atoms in total. The second-order valence-electron chi connectivity index (χ2n) is 10.8. The van der Waals surface area contributed by atoms with E-state index >= 15 is 0 Å². The molecule has 1 fully saturated rings. The van der Waals surface area contributed by atoms with Gasteiger partial charge in [0.1, 0.15) is 11.4 Å². The van der Waals surface area contributed by atoms with Gasteiger partial charge in [-0.2, -0.15) is 0 Å². The van der Waals surface area contributed by atoms with Gasteiger partial charge in [-0.15, -0.1) is 0 Å². The van der Waals surface area contributed by atoms with Crippen molar-refractivity contribution < 1.29 is 14.6 Å². The summed E-state index contributed by atoms with van der Waals surface area (Å²) in [5.74, 6) is 0.326. The van der Waals surface area contributed by atoms with E-state index in [-0.39, 0.29) is 17.3 Å². The summed E-state index contributed by atoms with van der Waals surface area (Å²) in [4.78, 5) is 12.9. The van der Waals surface area contributed by atoms with E-state index in [1.54, 1.807) is 12.1 Å². The second-order valence-corrected chi connectivity index (χ2v) is 10.8. The molecule has 174 valence electrons. The number of aliphatic hydroxyl groups is 1. The molecule has 0 aromatic heterocycles. The lowest BCUT2D eigenvalue weighted by molar-refractivity contribution is -0.135. The zero-order valence-corrected chi connectivity index (χ0v) is 20.4. The molecule has 1 aliphatic rings. The number of ether oxygens (including phenoxy) is 1. The molecule has 1 aliphatic carbocycles. The number of esters is 1. The Morgan fingerprint density at radius 1 is 1.06 bits per heavy atom. The molecule has 4 heteroatoms. The van der Waals surface area contributed by atoms with E-state index in [0.717, 1.165) is 24.8 Å². The molecule has 0 aliphatic heterocycles. The summed E-state index contributed by atoms with van der Waals surface area (Å²) >= 11 is 0. The molecular weight excluding hydrogens is 398 g/mol. The van der Waals surface area contributed by atoms with Crippen LogP contribution >= 0.6 is 0 Å². The molecule has 3 unspecified atom stereocenters. The first kappa shape index (κ1) is 24.5. The van der Waals surface area contributed by atoms with Crippen molar-refractivity contribution in [2.75, 3.05) is 0 Å². The highest BCUT2D eigenvalue weighted by Gasteiger charge is 2.56. The smallest absolute Gasteiger partial charge is 0.318 e. The molecule has 3 N–H and O–H groups in total. The summed E-state index contributed by atoms with van der Waals surface area (Å²) in [5.41, 5.74) is 7.41. The topological polar surface area (TPSA) is 72.5 Å². The maximum absolute atomic E-state index is 12.9. The van der Waals surface area contributed by atoms with E-state index in [1.165, 1.54) is 5.56 Å². The molecule has 0 heterocycles. The molecule has 2 aromatic rings. The molecule has 0 saturated heterocycles. The highest BCUT2D eigenvalue weighted by Crippen LogP contribution is 2.52. The average Bonchev–Trinajstić information content (AvgIpc) is 2.72. The largest absolute Gasteiger partial charge is 0.426 e. The summed E-state index contributed by atoms with van der Waals surface area (Å²) in [5, 5.41) is 11.7. The minimum atomic E-state index is -1.19. The maximum atomic E-state index is 12.9. The maximum Gasteiger partial charge on any atom is 0.318 e. The Morgan fingerprint density at radius 2 is 1.72 bits per heavy atom. The Balaban J connectivity index is 1.78. The van der Waals surface area contributed by atoms with Crippen LogP contribution in [-0.4, -0.2) is 16.6 Å². The lowest BCUT2D eigenvalue weighted by atomic mass is 9.55. The van der Waals surface area contributed by atoms with E-state index in [0.29, 0.717) is 23.7 Å². The van der Waals surface area contributed by atoms with Crippen molar-refractivity contribution >= 4 is 5.97 Å². The number of rotatable bonds is 6. The van der Waals surface area contributed by atoms with Gasteiger partial charge in [0.05, 0.1) is 11.5 Å². The number of hydrogen-bond donors (Lipinski definition) is 2. The Morgan fingerprint density at radius 3 is 2.34 bits per heavy atom. The van der Waals surface area contributed by atoms with Crippen molar-refractivity contribution in [2.24, 2.45) is 17.1 Å². The van der Waals surface area contributed by atoms with Gasteiger partial charge in [-0.05, 0) is 79.7 Å². The summed E-state index contributed by atoms with van der Waals surface area (Å²) in [6, 6.07) is 15.4. The third-order valence-electron chi connectivity index (χ3n) is 7.61. The van der Waals surface area contributed by atoms with Gasteiger partial charge in [0, 0.05) is 0 Å². The number of carbonyl (C=O) groups is 1. The summed E-state index contributed by atoms with van der Waals surface area (Å²) in [6.45, 7) is 12.4. The predicted molar refractivity (Wildman–Crippen MR) is 130 cm³/mol. The van der Waals surface area contributed by atoms with Crippen LogP contribution in [0.5, 0.6) is 5.75 Å². The molecule has 1 saturated carbocycles. The molecule has 2 aromatic carbocycles. The summed E-state index contributed by atoms with van der Waals surface area (Å²) in [7, 11) is 0. The molecule has 3 rings (SSSR count). The zero-order valence-electron chi connectivity index (χ0n) is 20.4. The van der Waals surface area contributed by atoms with Gasteiger partial charge in [0.25, 0.3) is 0 Å². The summed E-state index contributed by atoms with van der Waals surface area (Å²) in [6.07, 6.45) is 3.46. The van der Waals surface area contributed by atoms with E-state index in [9.17, 15) is 9.90 Å². The van der Waals surface area contributed by atoms with Crippen molar-refractivity contribution in [3.8, 4) is 5.75 Å². The number of hydrogen-bond acceptors (Lipinski definition) is 4. The number of benzene rings is 2. The SMILES string of the molecule is CC(C)Cc1ccc(C(C)C(=O)Oc2cccc(C3(O)CCCC(C)(C)C3(C)N)c2)cc1. The van der Waals surface area contributed by atoms with Crippen LogP contribution in [0.4, 0.5) is 0 Å². The van der Waals surface area contributed by atoms with Gasteiger partial charge in [-0.1, -0.05) is 64.1 Å². The van der Waals surface area contributed by atoms with Crippen LogP contribution in [0.25, 0.3) is 0 Å². The van der Waals surface area contributed by atoms with E-state index in [4.69, 9.17) is 10.5 Å². The normalized spacial score (nSPS) is 26.0. The molecule has 0 spiro atoms. The Labute approximate surface area is 193 Å². The van der Waals surface area contributed by atoms with Crippen LogP contribution in [0, 0.1) is 11.3 Å². The van der Waals surface area contributed by atoms with Crippen LogP contribution in [-0.2, 0) is 16.8 Å². The van der Waals surface area contributed by atoms with Crippen LogP contribution in [0.2, 0.25) is 0 Å². The minimum Gasteiger partial charge on any atom is -0.426 e. The van der Waals surface area contributed by atoms with Crippen LogP contribution in [0.3, 0.4) is 0 Å². The van der Waals surface area contributed by atoms with Crippen molar-refractivity contribution in [1.29, 1.82) is 0 Å². The van der Waals surface area contributed by atoms with Gasteiger partial charge in [-0.3, -0.25) is 4.79 Å². The number of carbonyl (C=O) groups excluding carboxylic acids is 1. The van der Waals surface area contributed by atoms with Gasteiger partial charge < -0.3 is 15.6 Å². The van der Waals surface area contributed by atoms with Crippen LogP contribution in [0.1, 0.15) is 83.4 Å². The molecule has 0 amide bonds. The summed E-state index contributed by atoms with van der Waals surface area (Å²) < 4.78 is 5.73. The fourth-order valence-corrected chi connectivity index (χ4v) is 4.88. The predicted octanol–water partition coefficient (Wildman–Crippen LogP) is 5.71. The molecule has 0 bridgehead atoms. The Hall–Kier alpha value is -2.17. The van der Waals surface area contributed by atoms with E-state index in [1.807, 2.05) is 38.1 Å². The first-order chi connectivity index (χ1) is 14.9. The molecular formula is C28H39NO3. The third-order valence-corrected chi connectivity index (χ3v) is 7.61. The standard InChI is InChI=1S/C28H39NO3/c1-19(2)17-21-11-13-22(14-12-21)20(3)25(30)32-24-10-7-9-23(18-24)28(31)16-8-15-26(4,5)27(28,6)29/h7,9-14,18-20,31H,8,15-17,29H2,1-6H3. The van der Waals surface area contributed by atoms with Gasteiger partial charge in [0.2, 0.25) is 0 Å². The Kier molecular flexibility index (Phi) is 6.88. The van der Waals surface area contributed by atoms with Gasteiger partial charge in [0.15, 0.2) is 0 Å². The minimum absolute atomic E-state index is 0.219. The van der Waals surface area contributed by atoms with Gasteiger partial charge in [-0.25, -0.2) is 0 Å². The van der Waals surface area contributed by atoms with Crippen LogP contribution < -0.4 is 10.5 Å². The van der Waals surface area contributed by atoms with Crippen molar-refractivity contribution in [3.05, 3.63) is 65.2 Å². The van der Waals surface area contributed by atoms with Crippen molar-refractivity contribution in [3.63, 3.8) is 0 Å². The zero-order chi connectivity index (χ0) is 23.7. The second kappa shape index (κ2) is 8.99. The lowest BCUT2D eigenvalue weighted by Gasteiger charge is -2.56. The monoisotopic (exact) mass is 437 g/mol. The highest BCUT2D eigenvalue weighted by atomic mass is 16.5. The first-order valence-electron chi connectivity index (χ1n) is 11.8.